The fraction of sp³-hybridized carbons (Fsp3) is 0.523. The number of carbonyl (C=O) groups is 3. The average molecular weight is 863 g/mol. The van der Waals surface area contributed by atoms with Gasteiger partial charge in [0.05, 0.1) is 59.8 Å². The van der Waals surface area contributed by atoms with Gasteiger partial charge in [0, 0.05) is 64.1 Å². The van der Waals surface area contributed by atoms with Crippen molar-refractivity contribution < 1.29 is 27.9 Å². The number of morpholine rings is 1. The van der Waals surface area contributed by atoms with E-state index in [0.29, 0.717) is 47.8 Å². The summed E-state index contributed by atoms with van der Waals surface area (Å²) in [6.45, 7) is 4.92. The quantitative estimate of drug-likeness (QED) is 0.165. The first kappa shape index (κ1) is 39.8. The number of hydrogen-bond acceptors (Lipinski definition) is 11. The van der Waals surface area contributed by atoms with Crippen LogP contribution in [0.3, 0.4) is 0 Å². The Morgan fingerprint density at radius 3 is 2.59 bits per heavy atom. The maximum Gasteiger partial charge on any atom is 0.329 e. The SMILES string of the molecule is Cn1c(=O)n(C2CCC(=O)NC2=O)c2cccc(C#CCN3C4CC3CN(C[C@H]3CC[C@H](n5cc(NC(=O)c6cnn7ccc(N8C[C@H]9C[C@@H]8CO9)nc67)c(C(F)F)n5)CC3)C4)c21. The molecule has 4 bridgehead atoms. The second kappa shape index (κ2) is 15.7. The van der Waals surface area contributed by atoms with Gasteiger partial charge in [-0.1, -0.05) is 17.9 Å². The number of imide groups is 1. The van der Waals surface area contributed by atoms with Gasteiger partial charge in [0.2, 0.25) is 11.8 Å². The second-order valence-electron chi connectivity index (χ2n) is 18.0. The maximum absolute atomic E-state index is 14.3. The molecule has 12 rings (SSSR count). The lowest BCUT2D eigenvalue weighted by molar-refractivity contribution is -0.135. The van der Waals surface area contributed by atoms with Crippen LogP contribution in [0.5, 0.6) is 0 Å². The van der Waals surface area contributed by atoms with Crippen LogP contribution in [0.15, 0.2) is 47.7 Å². The summed E-state index contributed by atoms with van der Waals surface area (Å²) < 4.78 is 40.5. The van der Waals surface area contributed by atoms with Crippen molar-refractivity contribution in [3.8, 4) is 11.8 Å². The number of benzene rings is 1. The minimum absolute atomic E-state index is 0.00467. The number of nitrogens with one attached hydrogen (secondary N) is 2. The van der Waals surface area contributed by atoms with Crippen LogP contribution in [0.25, 0.3) is 16.7 Å². The van der Waals surface area contributed by atoms with E-state index in [2.05, 4.69) is 47.4 Å². The Kier molecular flexibility index (Phi) is 9.92. The van der Waals surface area contributed by atoms with Crippen molar-refractivity contribution in [2.24, 2.45) is 13.0 Å². The van der Waals surface area contributed by atoms with Crippen molar-refractivity contribution in [2.75, 3.05) is 49.5 Å². The lowest BCUT2D eigenvalue weighted by Crippen LogP contribution is -2.68. The van der Waals surface area contributed by atoms with E-state index >= 15 is 0 Å². The molecule has 7 fully saturated rings. The molecule has 63 heavy (non-hydrogen) atoms. The molecule has 17 nitrogen and oxygen atoms in total. The van der Waals surface area contributed by atoms with E-state index in [-0.39, 0.29) is 53.9 Å². The van der Waals surface area contributed by atoms with Crippen LogP contribution < -0.4 is 21.2 Å². The molecule has 1 aliphatic carbocycles. The molecule has 19 heteroatoms. The molecule has 328 valence electrons. The fourth-order valence-corrected chi connectivity index (χ4v) is 11.0. The smallest absolute Gasteiger partial charge is 0.329 e. The summed E-state index contributed by atoms with van der Waals surface area (Å²) in [4.78, 5) is 63.2. The Bertz CT molecular complexity index is 2760. The van der Waals surface area contributed by atoms with Gasteiger partial charge in [0.25, 0.3) is 12.3 Å². The van der Waals surface area contributed by atoms with Gasteiger partial charge in [0.1, 0.15) is 17.4 Å². The Labute approximate surface area is 360 Å². The van der Waals surface area contributed by atoms with Crippen molar-refractivity contribution >= 4 is 45.9 Å². The highest BCUT2D eigenvalue weighted by Crippen LogP contribution is 2.38. The van der Waals surface area contributed by atoms with Crippen LogP contribution in [0.4, 0.5) is 20.3 Å². The summed E-state index contributed by atoms with van der Waals surface area (Å²) in [7, 11) is 1.68. The lowest BCUT2D eigenvalue weighted by Gasteiger charge is -2.56. The highest BCUT2D eigenvalue weighted by atomic mass is 19.3. The van der Waals surface area contributed by atoms with E-state index in [4.69, 9.17) is 9.72 Å². The van der Waals surface area contributed by atoms with E-state index in [0.717, 1.165) is 76.1 Å². The standard InChI is InChI=1S/C44H48F2N12O5/c1-52-39-26(4-2-6-34(39)58(44(52)62)35-11-12-37(59)50-43(35)61)5-3-14-54-28-16-29(54)21-53(20-28)19-25-7-9-27(10-8-25)57-23-33(38(51-57)40(45)46)48-42(60)32-18-47-56-15-13-36(49-41(32)56)55-22-31-17-30(55)24-63-31/h2,4,6,13,15,18,23,25,27-31,35,40H,7-12,14,16-17,19-22,24H2,1H3,(H,48,60)(H,50,59,61)/t25-,27-,28?,29?,30-,31-,35?/m1/s1. The summed E-state index contributed by atoms with van der Waals surface area (Å²) in [6.07, 6.45) is 8.10. The first-order valence-electron chi connectivity index (χ1n) is 22.0. The molecule has 10 heterocycles. The zero-order valence-electron chi connectivity index (χ0n) is 34.8. The number of para-hydroxylation sites is 1. The van der Waals surface area contributed by atoms with Crippen molar-refractivity contribution in [2.45, 2.75) is 94.1 Å². The molecule has 7 aliphatic rings. The summed E-state index contributed by atoms with van der Waals surface area (Å²) in [6, 6.07) is 7.71. The summed E-state index contributed by atoms with van der Waals surface area (Å²) in [5.41, 5.74) is 1.80. The minimum Gasteiger partial charge on any atom is -0.374 e. The number of alkyl halides is 2. The third kappa shape index (κ3) is 7.08. The molecule has 6 saturated heterocycles. The predicted molar refractivity (Wildman–Crippen MR) is 225 cm³/mol. The third-order valence-corrected chi connectivity index (χ3v) is 14.2. The van der Waals surface area contributed by atoms with Crippen molar-refractivity contribution in [3.63, 3.8) is 0 Å². The zero-order chi connectivity index (χ0) is 43.1. The van der Waals surface area contributed by atoms with Gasteiger partial charge in [-0.2, -0.15) is 10.2 Å². The molecule has 0 radical (unpaired) electrons. The lowest BCUT2D eigenvalue weighted by atomic mass is 9.83. The van der Waals surface area contributed by atoms with Gasteiger partial charge in [-0.05, 0) is 69.1 Å². The summed E-state index contributed by atoms with van der Waals surface area (Å²) in [5.74, 6) is 6.54. The molecular weight excluding hydrogens is 815 g/mol. The highest BCUT2D eigenvalue weighted by Gasteiger charge is 2.45. The van der Waals surface area contributed by atoms with Gasteiger partial charge < -0.3 is 15.0 Å². The number of halogens is 2. The predicted octanol–water partition coefficient (Wildman–Crippen LogP) is 3.27. The van der Waals surface area contributed by atoms with E-state index in [1.165, 1.54) is 19.8 Å². The molecule has 3 amide bonds. The Morgan fingerprint density at radius 1 is 1.02 bits per heavy atom. The summed E-state index contributed by atoms with van der Waals surface area (Å²) in [5, 5.41) is 13.7. The number of imidazole rings is 1. The zero-order valence-corrected chi connectivity index (χ0v) is 34.8. The number of nitrogens with zero attached hydrogens (tertiary/aromatic N) is 10. The number of aryl methyl sites for hydroxylation is 1. The number of aromatic nitrogens is 7. The second-order valence-corrected chi connectivity index (χ2v) is 18.0. The van der Waals surface area contributed by atoms with Crippen molar-refractivity contribution in [3.05, 3.63) is 70.2 Å². The number of hydrogen-bond donors (Lipinski definition) is 2. The molecular formula is C44H48F2N12O5. The first-order valence-corrected chi connectivity index (χ1v) is 22.0. The van der Waals surface area contributed by atoms with E-state index in [9.17, 15) is 28.0 Å². The third-order valence-electron chi connectivity index (χ3n) is 14.2. The number of anilines is 2. The monoisotopic (exact) mass is 862 g/mol. The Balaban J connectivity index is 0.689. The van der Waals surface area contributed by atoms with E-state index in [1.807, 2.05) is 24.3 Å². The molecule has 0 spiro atoms. The molecule has 4 aromatic heterocycles. The van der Waals surface area contributed by atoms with Crippen LogP contribution in [-0.2, 0) is 21.4 Å². The first-order chi connectivity index (χ1) is 30.6. The molecule has 1 aromatic carbocycles. The van der Waals surface area contributed by atoms with Gasteiger partial charge >= 0.3 is 5.69 Å². The topological polar surface area (TPSA) is 169 Å². The van der Waals surface area contributed by atoms with Gasteiger partial charge in [-0.25, -0.2) is 23.1 Å². The normalized spacial score (nSPS) is 27.2. The average Bonchev–Trinajstić information content (AvgIpc) is 4.13. The Morgan fingerprint density at radius 2 is 1.84 bits per heavy atom. The summed E-state index contributed by atoms with van der Waals surface area (Å²) >= 11 is 0. The molecule has 5 atom stereocenters. The van der Waals surface area contributed by atoms with Crippen LogP contribution >= 0.6 is 0 Å². The highest BCUT2D eigenvalue weighted by molar-refractivity contribution is 6.08. The molecule has 2 N–H and O–H groups in total. The van der Waals surface area contributed by atoms with Crippen molar-refractivity contribution in [1.82, 2.24) is 48.6 Å². The van der Waals surface area contributed by atoms with Crippen molar-refractivity contribution in [1.29, 1.82) is 0 Å². The largest absolute Gasteiger partial charge is 0.374 e. The number of fused-ring (bicyclic) bond motifs is 6. The number of piperazine rings is 1. The van der Waals surface area contributed by atoms with Gasteiger partial charge in [0.15, 0.2) is 11.3 Å². The van der Waals surface area contributed by atoms with Crippen LogP contribution in [-0.4, -0.2) is 125 Å². The van der Waals surface area contributed by atoms with Crippen LogP contribution in [0.2, 0.25) is 0 Å². The minimum atomic E-state index is -2.86. The number of carbonyl (C=O) groups excluding carboxylic acids is 3. The molecule has 6 aliphatic heterocycles. The molecule has 3 unspecified atom stereocenters. The number of amides is 3. The van der Waals surface area contributed by atoms with Crippen LogP contribution in [0, 0.1) is 17.8 Å². The number of ether oxygens (including phenoxy) is 1. The molecule has 5 aromatic rings. The number of piperidine rings is 2. The van der Waals surface area contributed by atoms with E-state index in [1.54, 1.807) is 24.1 Å². The van der Waals surface area contributed by atoms with E-state index < -0.39 is 30.0 Å². The van der Waals surface area contributed by atoms with Crippen LogP contribution in [0.1, 0.15) is 91.5 Å². The van der Waals surface area contributed by atoms with Gasteiger partial charge in [-0.3, -0.25) is 43.3 Å². The number of rotatable bonds is 9. The molecule has 1 saturated carbocycles. The maximum atomic E-state index is 14.3. The fourth-order valence-electron chi connectivity index (χ4n) is 11.0. The van der Waals surface area contributed by atoms with Gasteiger partial charge in [-0.15, -0.1) is 0 Å². The Hall–Kier alpha value is -5.97.